The molecule has 3 atom stereocenters. The van der Waals surface area contributed by atoms with Crippen LogP contribution in [0.3, 0.4) is 0 Å². The molecular weight excluding hydrogens is 244 g/mol. The van der Waals surface area contributed by atoms with E-state index in [1.807, 2.05) is 18.2 Å². The summed E-state index contributed by atoms with van der Waals surface area (Å²) in [5.74, 6) is 0. The summed E-state index contributed by atoms with van der Waals surface area (Å²) in [6.45, 7) is 1.71. The number of urea groups is 1. The van der Waals surface area contributed by atoms with Gasteiger partial charge in [-0.2, -0.15) is 0 Å². The van der Waals surface area contributed by atoms with Crippen molar-refractivity contribution in [3.8, 4) is 0 Å². The van der Waals surface area contributed by atoms with E-state index in [2.05, 4.69) is 5.32 Å². The van der Waals surface area contributed by atoms with Crippen LogP contribution >= 0.6 is 0 Å². The summed E-state index contributed by atoms with van der Waals surface area (Å²) in [4.78, 5) is 12.9. The molecule has 0 bridgehead atoms. The van der Waals surface area contributed by atoms with E-state index in [1.165, 1.54) is 4.90 Å². The number of hydrogen-bond donors (Lipinski definition) is 3. The molecule has 1 aromatic rings. The maximum absolute atomic E-state index is 11.5. The Morgan fingerprint density at radius 1 is 1.26 bits per heavy atom. The molecule has 3 N–H and O–H groups in total. The summed E-state index contributed by atoms with van der Waals surface area (Å²) in [7, 11) is 3.26. The van der Waals surface area contributed by atoms with Crippen LogP contribution in [0.15, 0.2) is 30.3 Å². The molecule has 0 saturated heterocycles. The second-order valence-corrected chi connectivity index (χ2v) is 4.86. The van der Waals surface area contributed by atoms with E-state index in [0.29, 0.717) is 0 Å². The molecule has 19 heavy (non-hydrogen) atoms. The fourth-order valence-electron chi connectivity index (χ4n) is 1.66. The van der Waals surface area contributed by atoms with E-state index in [4.69, 9.17) is 0 Å². The fourth-order valence-corrected chi connectivity index (χ4v) is 1.66. The van der Waals surface area contributed by atoms with Crippen molar-refractivity contribution in [3.05, 3.63) is 35.9 Å². The van der Waals surface area contributed by atoms with E-state index in [1.54, 1.807) is 33.2 Å². The van der Waals surface area contributed by atoms with Gasteiger partial charge in [-0.25, -0.2) is 4.79 Å². The Morgan fingerprint density at radius 3 is 2.37 bits per heavy atom. The first-order valence-electron chi connectivity index (χ1n) is 6.30. The van der Waals surface area contributed by atoms with E-state index in [9.17, 15) is 15.0 Å². The van der Waals surface area contributed by atoms with E-state index >= 15 is 0 Å². The molecule has 0 radical (unpaired) electrons. The highest BCUT2D eigenvalue weighted by Gasteiger charge is 2.21. The van der Waals surface area contributed by atoms with E-state index < -0.39 is 18.2 Å². The van der Waals surface area contributed by atoms with Crippen molar-refractivity contribution in [1.29, 1.82) is 0 Å². The number of rotatable bonds is 5. The van der Waals surface area contributed by atoms with Gasteiger partial charge in [-0.05, 0) is 12.5 Å². The summed E-state index contributed by atoms with van der Waals surface area (Å²) in [6.07, 6.45) is -1.37. The molecule has 0 unspecified atom stereocenters. The fraction of sp³-hybridized carbons (Fsp3) is 0.500. The summed E-state index contributed by atoms with van der Waals surface area (Å²) in [6, 6.07) is 8.46. The number of carbonyl (C=O) groups is 1. The average molecular weight is 266 g/mol. The molecule has 1 aromatic carbocycles. The van der Waals surface area contributed by atoms with Gasteiger partial charge in [-0.3, -0.25) is 0 Å². The highest BCUT2D eigenvalue weighted by molar-refractivity contribution is 5.73. The number of aliphatic hydroxyl groups excluding tert-OH is 2. The number of nitrogens with zero attached hydrogens (tertiary/aromatic N) is 1. The third-order valence-corrected chi connectivity index (χ3v) is 2.98. The summed E-state index contributed by atoms with van der Waals surface area (Å²) >= 11 is 0. The first kappa shape index (κ1) is 15.5. The van der Waals surface area contributed by atoms with Crippen LogP contribution in [0.4, 0.5) is 4.79 Å². The molecule has 0 aliphatic heterocycles. The molecule has 0 fully saturated rings. The maximum Gasteiger partial charge on any atom is 0.317 e. The minimum Gasteiger partial charge on any atom is -0.391 e. The van der Waals surface area contributed by atoms with E-state index in [-0.39, 0.29) is 12.5 Å². The van der Waals surface area contributed by atoms with Crippen molar-refractivity contribution in [2.24, 2.45) is 0 Å². The minimum absolute atomic E-state index is 0.179. The number of carbonyl (C=O) groups excluding carboxylic acids is 1. The minimum atomic E-state index is -0.806. The normalized spacial score (nSPS) is 15.4. The van der Waals surface area contributed by atoms with Crippen LogP contribution in [0.5, 0.6) is 0 Å². The van der Waals surface area contributed by atoms with Crippen LogP contribution < -0.4 is 5.32 Å². The Morgan fingerprint density at radius 2 is 1.84 bits per heavy atom. The third-order valence-electron chi connectivity index (χ3n) is 2.98. The monoisotopic (exact) mass is 266 g/mol. The summed E-state index contributed by atoms with van der Waals surface area (Å²) in [5.41, 5.74) is 0.757. The predicted molar refractivity (Wildman–Crippen MR) is 73.7 cm³/mol. The quantitative estimate of drug-likeness (QED) is 0.748. The third kappa shape index (κ3) is 4.89. The molecule has 1 rings (SSSR count). The Bertz CT molecular complexity index is 395. The highest BCUT2D eigenvalue weighted by Crippen LogP contribution is 2.19. The Hall–Kier alpha value is -1.59. The lowest BCUT2D eigenvalue weighted by Gasteiger charge is -2.24. The molecule has 5 nitrogen and oxygen atoms in total. The molecule has 0 aliphatic rings. The average Bonchev–Trinajstić information content (AvgIpc) is 2.39. The van der Waals surface area contributed by atoms with Gasteiger partial charge in [0, 0.05) is 20.5 Å². The van der Waals surface area contributed by atoms with Crippen molar-refractivity contribution >= 4 is 6.03 Å². The lowest BCUT2D eigenvalue weighted by Crippen LogP contribution is -2.46. The van der Waals surface area contributed by atoms with E-state index in [0.717, 1.165) is 5.56 Å². The topological polar surface area (TPSA) is 72.8 Å². The van der Waals surface area contributed by atoms with Crippen LogP contribution in [-0.2, 0) is 0 Å². The summed E-state index contributed by atoms with van der Waals surface area (Å²) < 4.78 is 0. The number of aliphatic hydroxyl groups is 2. The number of benzene rings is 1. The van der Waals surface area contributed by atoms with Gasteiger partial charge >= 0.3 is 6.03 Å². The molecule has 0 heterocycles. The van der Waals surface area contributed by atoms with Gasteiger partial charge in [0.25, 0.3) is 0 Å². The lowest BCUT2D eigenvalue weighted by atomic mass is 10.00. The Balaban J connectivity index is 2.50. The SMILES string of the molecule is C[C@H](NC(=O)N(C)C)[C@@H](O)C[C@H](O)c1ccccc1. The van der Waals surface area contributed by atoms with Gasteiger partial charge < -0.3 is 20.4 Å². The molecule has 0 aromatic heterocycles. The van der Waals surface area contributed by atoms with Crippen LogP contribution in [0.25, 0.3) is 0 Å². The Kier molecular flexibility index (Phi) is 5.79. The van der Waals surface area contributed by atoms with Gasteiger partial charge in [0.2, 0.25) is 0 Å². The molecule has 0 aliphatic carbocycles. The zero-order valence-corrected chi connectivity index (χ0v) is 11.6. The van der Waals surface area contributed by atoms with Crippen LogP contribution in [0.1, 0.15) is 25.0 Å². The van der Waals surface area contributed by atoms with Crippen LogP contribution in [-0.4, -0.2) is 47.4 Å². The zero-order valence-electron chi connectivity index (χ0n) is 11.6. The van der Waals surface area contributed by atoms with Gasteiger partial charge in [0.15, 0.2) is 0 Å². The zero-order chi connectivity index (χ0) is 14.4. The Labute approximate surface area is 113 Å². The summed E-state index contributed by atoms with van der Waals surface area (Å²) in [5, 5.41) is 22.6. The van der Waals surface area contributed by atoms with Crippen molar-refractivity contribution < 1.29 is 15.0 Å². The standard InChI is InChI=1S/C14H22N2O3/c1-10(15-14(19)16(2)3)12(17)9-13(18)11-7-5-4-6-8-11/h4-8,10,12-13,17-18H,9H2,1-3H3,(H,15,19)/t10-,12-,13-/m0/s1. The largest absolute Gasteiger partial charge is 0.391 e. The molecule has 106 valence electrons. The molecule has 2 amide bonds. The first-order valence-corrected chi connectivity index (χ1v) is 6.30. The van der Waals surface area contributed by atoms with Crippen molar-refractivity contribution in [1.82, 2.24) is 10.2 Å². The van der Waals surface area contributed by atoms with Crippen LogP contribution in [0, 0.1) is 0 Å². The van der Waals surface area contributed by atoms with Crippen molar-refractivity contribution in [2.45, 2.75) is 31.6 Å². The number of hydrogen-bond acceptors (Lipinski definition) is 3. The van der Waals surface area contributed by atoms with Crippen molar-refractivity contribution in [3.63, 3.8) is 0 Å². The van der Waals surface area contributed by atoms with Gasteiger partial charge in [-0.15, -0.1) is 0 Å². The first-order chi connectivity index (χ1) is 8.91. The van der Waals surface area contributed by atoms with Crippen LogP contribution in [0.2, 0.25) is 0 Å². The second-order valence-electron chi connectivity index (χ2n) is 4.86. The van der Waals surface area contributed by atoms with Gasteiger partial charge in [0.1, 0.15) is 0 Å². The predicted octanol–water partition coefficient (Wildman–Crippen LogP) is 1.13. The van der Waals surface area contributed by atoms with Crippen molar-refractivity contribution in [2.75, 3.05) is 14.1 Å². The molecule has 5 heteroatoms. The second kappa shape index (κ2) is 7.11. The smallest absolute Gasteiger partial charge is 0.317 e. The maximum atomic E-state index is 11.5. The number of nitrogens with one attached hydrogen (secondary N) is 1. The molecule has 0 spiro atoms. The van der Waals surface area contributed by atoms with Gasteiger partial charge in [-0.1, -0.05) is 30.3 Å². The lowest BCUT2D eigenvalue weighted by molar-refractivity contribution is 0.0610. The van der Waals surface area contributed by atoms with Gasteiger partial charge in [0.05, 0.1) is 18.2 Å². The highest BCUT2D eigenvalue weighted by atomic mass is 16.3. The molecular formula is C14H22N2O3. The molecule has 0 saturated carbocycles. The number of amides is 2.